The second-order valence-electron chi connectivity index (χ2n) is 18.8. The van der Waals surface area contributed by atoms with E-state index in [-0.39, 0.29) is 31.1 Å². The molecule has 6 heteroatoms. The van der Waals surface area contributed by atoms with Crippen LogP contribution in [0.3, 0.4) is 0 Å². The van der Waals surface area contributed by atoms with E-state index in [9.17, 15) is 14.4 Å². The Labute approximate surface area is 374 Å². The number of hydrogen-bond donors (Lipinski definition) is 0. The largest absolute Gasteiger partial charge is 0.462 e. The SMILES string of the molecule is CCCCCCCCCCCCCCCCCCCCC(=O)OC[C@H](COC(=O)CCCCCCCCCCCCCC)OC(=O)CCCCCCCCCCC(C)CC. The monoisotopic (exact) mass is 849 g/mol. The van der Waals surface area contributed by atoms with E-state index in [4.69, 9.17) is 14.2 Å². The van der Waals surface area contributed by atoms with Crippen molar-refractivity contribution in [1.29, 1.82) is 0 Å². The van der Waals surface area contributed by atoms with E-state index in [0.717, 1.165) is 63.7 Å². The van der Waals surface area contributed by atoms with Gasteiger partial charge in [0.25, 0.3) is 0 Å². The average molecular weight is 849 g/mol. The summed E-state index contributed by atoms with van der Waals surface area (Å²) < 4.78 is 16.8. The zero-order valence-electron chi connectivity index (χ0n) is 40.9. The number of hydrogen-bond acceptors (Lipinski definition) is 6. The average Bonchev–Trinajstić information content (AvgIpc) is 3.25. The third-order valence-electron chi connectivity index (χ3n) is 12.7. The van der Waals surface area contributed by atoms with Gasteiger partial charge in [-0.3, -0.25) is 14.4 Å². The molecule has 60 heavy (non-hydrogen) atoms. The predicted octanol–water partition coefficient (Wildman–Crippen LogP) is 17.5. The summed E-state index contributed by atoms with van der Waals surface area (Å²) >= 11 is 0. The van der Waals surface area contributed by atoms with Gasteiger partial charge >= 0.3 is 17.9 Å². The zero-order valence-corrected chi connectivity index (χ0v) is 40.9. The van der Waals surface area contributed by atoms with Gasteiger partial charge in [0.05, 0.1) is 0 Å². The standard InChI is InChI=1S/C54H104O6/c1-5-8-10-12-14-16-18-20-21-22-23-24-25-27-29-34-38-42-46-53(56)59-49-51(60-54(57)47-43-39-35-31-30-32-36-40-44-50(4)7-3)48-58-52(55)45-41-37-33-28-26-19-17-15-13-11-9-6-2/h50-51H,5-49H2,1-4H3/t50?,51-/m0/s1. The highest BCUT2D eigenvalue weighted by molar-refractivity contribution is 5.71. The smallest absolute Gasteiger partial charge is 0.306 e. The van der Waals surface area contributed by atoms with Crippen molar-refractivity contribution in [2.24, 2.45) is 5.92 Å². The van der Waals surface area contributed by atoms with E-state index in [0.29, 0.717) is 19.3 Å². The summed E-state index contributed by atoms with van der Waals surface area (Å²) in [5, 5.41) is 0. The van der Waals surface area contributed by atoms with Gasteiger partial charge < -0.3 is 14.2 Å². The van der Waals surface area contributed by atoms with Crippen molar-refractivity contribution >= 4 is 17.9 Å². The van der Waals surface area contributed by atoms with Crippen molar-refractivity contribution in [1.82, 2.24) is 0 Å². The Morgan fingerprint density at radius 1 is 0.333 bits per heavy atom. The van der Waals surface area contributed by atoms with E-state index in [1.807, 2.05) is 0 Å². The molecule has 0 saturated heterocycles. The van der Waals surface area contributed by atoms with Crippen molar-refractivity contribution in [3.05, 3.63) is 0 Å². The van der Waals surface area contributed by atoms with Crippen LogP contribution in [0.5, 0.6) is 0 Å². The number of ether oxygens (including phenoxy) is 3. The molecule has 0 aliphatic heterocycles. The molecule has 0 aromatic heterocycles. The molecule has 1 unspecified atom stereocenters. The van der Waals surface area contributed by atoms with Crippen LogP contribution in [0.4, 0.5) is 0 Å². The van der Waals surface area contributed by atoms with Gasteiger partial charge in [-0.1, -0.05) is 265 Å². The highest BCUT2D eigenvalue weighted by Crippen LogP contribution is 2.18. The Balaban J connectivity index is 4.27. The molecule has 0 amide bonds. The van der Waals surface area contributed by atoms with Gasteiger partial charge in [-0.05, 0) is 25.2 Å². The summed E-state index contributed by atoms with van der Waals surface area (Å²) in [5.74, 6) is 0.000745. The molecule has 0 N–H and O–H groups in total. The highest BCUT2D eigenvalue weighted by Gasteiger charge is 2.19. The molecule has 0 rings (SSSR count). The minimum absolute atomic E-state index is 0.0630. The molecular formula is C54H104O6. The maximum Gasteiger partial charge on any atom is 0.306 e. The lowest BCUT2D eigenvalue weighted by Crippen LogP contribution is -2.30. The first-order valence-electron chi connectivity index (χ1n) is 26.9. The maximum absolute atomic E-state index is 12.8. The van der Waals surface area contributed by atoms with E-state index >= 15 is 0 Å². The molecule has 0 aliphatic rings. The van der Waals surface area contributed by atoms with Gasteiger partial charge in [0.2, 0.25) is 0 Å². The summed E-state index contributed by atoms with van der Waals surface area (Å²) in [6.45, 7) is 9.04. The maximum atomic E-state index is 12.8. The van der Waals surface area contributed by atoms with Crippen molar-refractivity contribution in [2.45, 2.75) is 310 Å². The first-order chi connectivity index (χ1) is 29.4. The van der Waals surface area contributed by atoms with Crippen LogP contribution in [0.15, 0.2) is 0 Å². The minimum Gasteiger partial charge on any atom is -0.462 e. The minimum atomic E-state index is -0.761. The summed E-state index contributed by atoms with van der Waals surface area (Å²) in [4.78, 5) is 38.0. The van der Waals surface area contributed by atoms with Gasteiger partial charge in [-0.2, -0.15) is 0 Å². The lowest BCUT2D eigenvalue weighted by atomic mass is 9.99. The number of carbonyl (C=O) groups excluding carboxylic acids is 3. The third-order valence-corrected chi connectivity index (χ3v) is 12.7. The number of rotatable bonds is 49. The summed E-state index contributed by atoms with van der Waals surface area (Å²) in [5.41, 5.74) is 0. The molecule has 0 aromatic rings. The van der Waals surface area contributed by atoms with Gasteiger partial charge in [-0.25, -0.2) is 0 Å². The molecule has 2 atom stereocenters. The Morgan fingerprint density at radius 3 is 0.867 bits per heavy atom. The van der Waals surface area contributed by atoms with Gasteiger partial charge in [0.1, 0.15) is 13.2 Å². The summed E-state index contributed by atoms with van der Waals surface area (Å²) in [7, 11) is 0. The van der Waals surface area contributed by atoms with Crippen LogP contribution in [-0.2, 0) is 28.6 Å². The first kappa shape index (κ1) is 58.4. The highest BCUT2D eigenvalue weighted by atomic mass is 16.6. The van der Waals surface area contributed by atoms with Crippen molar-refractivity contribution < 1.29 is 28.6 Å². The normalized spacial score (nSPS) is 12.4. The van der Waals surface area contributed by atoms with Gasteiger partial charge in [-0.15, -0.1) is 0 Å². The van der Waals surface area contributed by atoms with Gasteiger partial charge in [0, 0.05) is 19.3 Å². The lowest BCUT2D eigenvalue weighted by Gasteiger charge is -2.18. The molecule has 6 nitrogen and oxygen atoms in total. The molecule has 0 spiro atoms. The van der Waals surface area contributed by atoms with Crippen LogP contribution in [0.1, 0.15) is 304 Å². The number of unbranched alkanes of at least 4 members (excludes halogenated alkanes) is 35. The lowest BCUT2D eigenvalue weighted by molar-refractivity contribution is -0.167. The van der Waals surface area contributed by atoms with Crippen LogP contribution >= 0.6 is 0 Å². The van der Waals surface area contributed by atoms with Crippen LogP contribution < -0.4 is 0 Å². The molecule has 0 radical (unpaired) electrons. The number of carbonyl (C=O) groups is 3. The second-order valence-corrected chi connectivity index (χ2v) is 18.8. The van der Waals surface area contributed by atoms with E-state index in [2.05, 4.69) is 27.7 Å². The predicted molar refractivity (Wildman–Crippen MR) is 257 cm³/mol. The topological polar surface area (TPSA) is 78.9 Å². The first-order valence-corrected chi connectivity index (χ1v) is 26.9. The molecular weight excluding hydrogens is 745 g/mol. The fourth-order valence-corrected chi connectivity index (χ4v) is 8.19. The summed E-state index contributed by atoms with van der Waals surface area (Å²) in [6.07, 6.45) is 50.8. The molecule has 0 bridgehead atoms. The van der Waals surface area contributed by atoms with Crippen molar-refractivity contribution in [3.8, 4) is 0 Å². The Morgan fingerprint density at radius 2 is 0.583 bits per heavy atom. The van der Waals surface area contributed by atoms with Crippen LogP contribution in [0, 0.1) is 5.92 Å². The number of esters is 3. The Kier molecular flexibility index (Phi) is 47.2. The van der Waals surface area contributed by atoms with Gasteiger partial charge in [0.15, 0.2) is 6.10 Å². The Hall–Kier alpha value is -1.59. The van der Waals surface area contributed by atoms with Crippen molar-refractivity contribution in [3.63, 3.8) is 0 Å². The van der Waals surface area contributed by atoms with Crippen molar-refractivity contribution in [2.75, 3.05) is 13.2 Å². The fourth-order valence-electron chi connectivity index (χ4n) is 8.19. The van der Waals surface area contributed by atoms with E-state index in [1.54, 1.807) is 0 Å². The quantitative estimate of drug-likeness (QED) is 0.0345. The zero-order chi connectivity index (χ0) is 43.8. The molecule has 0 aliphatic carbocycles. The van der Waals surface area contributed by atoms with E-state index < -0.39 is 6.10 Å². The van der Waals surface area contributed by atoms with E-state index in [1.165, 1.54) is 199 Å². The summed E-state index contributed by atoms with van der Waals surface area (Å²) in [6, 6.07) is 0. The fraction of sp³-hybridized carbons (Fsp3) is 0.944. The molecule has 0 heterocycles. The molecule has 0 saturated carbocycles. The second kappa shape index (κ2) is 48.4. The molecule has 0 fully saturated rings. The van der Waals surface area contributed by atoms with Crippen LogP contribution in [-0.4, -0.2) is 37.2 Å². The Bertz CT molecular complexity index is 905. The molecule has 356 valence electrons. The van der Waals surface area contributed by atoms with Crippen LogP contribution in [0.25, 0.3) is 0 Å². The molecule has 0 aromatic carbocycles. The van der Waals surface area contributed by atoms with Crippen LogP contribution in [0.2, 0.25) is 0 Å². The third kappa shape index (κ3) is 45.9.